The first-order chi connectivity index (χ1) is 15.4. The Morgan fingerprint density at radius 3 is 2.75 bits per heavy atom. The molecule has 1 saturated heterocycles. The number of anilines is 1. The van der Waals surface area contributed by atoms with Gasteiger partial charge in [0.25, 0.3) is 0 Å². The second-order valence-electron chi connectivity index (χ2n) is 7.93. The fraction of sp³-hybridized carbons (Fsp3) is 0.292. The third-order valence-electron chi connectivity index (χ3n) is 5.54. The van der Waals surface area contributed by atoms with Crippen LogP contribution in [0.25, 0.3) is 11.3 Å². The summed E-state index contributed by atoms with van der Waals surface area (Å²) in [6, 6.07) is 14.3. The minimum atomic E-state index is -0.461. The van der Waals surface area contributed by atoms with E-state index in [1.165, 1.54) is 0 Å². The Morgan fingerprint density at radius 2 is 2.03 bits per heavy atom. The number of aromatic nitrogens is 1. The highest BCUT2D eigenvalue weighted by molar-refractivity contribution is 7.09. The summed E-state index contributed by atoms with van der Waals surface area (Å²) in [4.78, 5) is 33.9. The van der Waals surface area contributed by atoms with E-state index in [1.807, 2.05) is 60.8 Å². The topological polar surface area (TPSA) is 65.5 Å². The van der Waals surface area contributed by atoms with E-state index in [0.29, 0.717) is 30.2 Å². The van der Waals surface area contributed by atoms with Crippen LogP contribution < -0.4 is 5.32 Å². The molecule has 4 rings (SSSR count). The maximum Gasteiger partial charge on any atom is 0.322 e. The van der Waals surface area contributed by atoms with Crippen molar-refractivity contribution in [2.24, 2.45) is 0 Å². The third-order valence-corrected chi connectivity index (χ3v) is 6.56. The molecule has 0 unspecified atom stereocenters. The van der Waals surface area contributed by atoms with Gasteiger partial charge in [-0.15, -0.1) is 11.3 Å². The molecule has 1 aromatic heterocycles. The number of hydrogen-bond donors (Lipinski definition) is 1. The average molecular weight is 469 g/mol. The van der Waals surface area contributed by atoms with E-state index in [1.54, 1.807) is 28.2 Å². The molecule has 0 radical (unpaired) electrons. The monoisotopic (exact) mass is 468 g/mol. The Bertz CT molecular complexity index is 1120. The number of benzene rings is 2. The Hall–Kier alpha value is -2.90. The van der Waals surface area contributed by atoms with Crippen LogP contribution in [0.2, 0.25) is 5.02 Å². The van der Waals surface area contributed by atoms with Crippen LogP contribution in [0.1, 0.15) is 23.4 Å². The molecule has 0 aliphatic carbocycles. The lowest BCUT2D eigenvalue weighted by molar-refractivity contribution is -0.134. The van der Waals surface area contributed by atoms with Crippen LogP contribution in [0, 0.1) is 6.92 Å². The summed E-state index contributed by atoms with van der Waals surface area (Å²) in [5, 5.41) is 6.62. The van der Waals surface area contributed by atoms with Gasteiger partial charge in [-0.25, -0.2) is 9.78 Å². The molecule has 0 spiro atoms. The summed E-state index contributed by atoms with van der Waals surface area (Å²) >= 11 is 7.54. The fourth-order valence-corrected chi connectivity index (χ4v) is 4.66. The summed E-state index contributed by atoms with van der Waals surface area (Å²) in [7, 11) is 1.77. The number of rotatable bonds is 5. The van der Waals surface area contributed by atoms with Crippen molar-refractivity contribution in [3.63, 3.8) is 0 Å². The molecule has 0 bridgehead atoms. The lowest BCUT2D eigenvalue weighted by Gasteiger charge is -2.28. The largest absolute Gasteiger partial charge is 0.340 e. The van der Waals surface area contributed by atoms with Gasteiger partial charge in [0.1, 0.15) is 6.04 Å². The molecule has 1 aliphatic heterocycles. The first kappa shape index (κ1) is 22.3. The molecular formula is C24H25ClN4O2S. The van der Waals surface area contributed by atoms with Crippen molar-refractivity contribution in [2.75, 3.05) is 18.9 Å². The van der Waals surface area contributed by atoms with Crippen molar-refractivity contribution in [1.29, 1.82) is 0 Å². The van der Waals surface area contributed by atoms with E-state index >= 15 is 0 Å². The van der Waals surface area contributed by atoms with Crippen LogP contribution in [0.15, 0.2) is 53.9 Å². The molecule has 6 nitrogen and oxygen atoms in total. The molecule has 0 saturated carbocycles. The number of hydrogen-bond acceptors (Lipinski definition) is 4. The molecule has 1 atom stereocenters. The highest BCUT2D eigenvalue weighted by Crippen LogP contribution is 2.26. The van der Waals surface area contributed by atoms with Gasteiger partial charge in [0.2, 0.25) is 5.91 Å². The molecule has 8 heteroatoms. The SMILES string of the molecule is Cc1nc(-c2cccc(NC(=O)N3CCC[C@@H]3C(=O)N(C)Cc3ccc(Cl)cc3)c2)cs1. The summed E-state index contributed by atoms with van der Waals surface area (Å²) < 4.78 is 0. The van der Waals surface area contributed by atoms with Crippen LogP contribution >= 0.6 is 22.9 Å². The molecule has 1 N–H and O–H groups in total. The summed E-state index contributed by atoms with van der Waals surface area (Å²) in [5.41, 5.74) is 3.52. The molecule has 2 heterocycles. The van der Waals surface area contributed by atoms with Gasteiger partial charge < -0.3 is 15.1 Å². The molecule has 1 aliphatic rings. The fourth-order valence-electron chi connectivity index (χ4n) is 3.91. The standard InChI is InChI=1S/C24H25ClN4O2S/c1-16-26-21(15-32-16)18-5-3-6-20(13-18)27-24(31)29-12-4-7-22(29)23(30)28(2)14-17-8-10-19(25)11-9-17/h3,5-6,8-11,13,15,22H,4,7,12,14H2,1-2H3,(H,27,31)/t22-/m1/s1. The molecule has 2 aromatic carbocycles. The number of carbonyl (C=O) groups is 2. The van der Waals surface area contributed by atoms with E-state index in [0.717, 1.165) is 28.2 Å². The maximum atomic E-state index is 13.1. The van der Waals surface area contributed by atoms with Crippen molar-refractivity contribution < 1.29 is 9.59 Å². The van der Waals surface area contributed by atoms with Crippen LogP contribution in [-0.4, -0.2) is 46.4 Å². The summed E-state index contributed by atoms with van der Waals surface area (Å²) in [5.74, 6) is -0.0562. The Labute approximate surface area is 196 Å². The number of likely N-dealkylation sites (N-methyl/N-ethyl adjacent to an activating group) is 1. The minimum absolute atomic E-state index is 0.0562. The molecule has 3 amide bonds. The quantitative estimate of drug-likeness (QED) is 0.543. The lowest BCUT2D eigenvalue weighted by atomic mass is 10.1. The number of halogens is 1. The maximum absolute atomic E-state index is 13.1. The number of aryl methyl sites for hydroxylation is 1. The van der Waals surface area contributed by atoms with Crippen molar-refractivity contribution >= 4 is 40.6 Å². The van der Waals surface area contributed by atoms with Crippen molar-refractivity contribution in [1.82, 2.24) is 14.8 Å². The predicted octanol–water partition coefficient (Wildman–Crippen LogP) is 5.43. The molecular weight excluding hydrogens is 444 g/mol. The van der Waals surface area contributed by atoms with Gasteiger partial charge in [0.15, 0.2) is 0 Å². The zero-order valence-electron chi connectivity index (χ0n) is 18.0. The van der Waals surface area contributed by atoms with E-state index in [2.05, 4.69) is 10.3 Å². The van der Waals surface area contributed by atoms with Crippen molar-refractivity contribution in [3.05, 3.63) is 69.5 Å². The highest BCUT2D eigenvalue weighted by Gasteiger charge is 2.35. The summed E-state index contributed by atoms with van der Waals surface area (Å²) in [6.45, 7) is 2.99. The minimum Gasteiger partial charge on any atom is -0.340 e. The lowest BCUT2D eigenvalue weighted by Crippen LogP contribution is -2.47. The van der Waals surface area contributed by atoms with Gasteiger partial charge in [-0.3, -0.25) is 4.79 Å². The van der Waals surface area contributed by atoms with E-state index in [9.17, 15) is 9.59 Å². The Morgan fingerprint density at radius 1 is 1.25 bits per heavy atom. The normalized spacial score (nSPS) is 15.6. The Kier molecular flexibility index (Phi) is 6.77. The number of nitrogens with one attached hydrogen (secondary N) is 1. The van der Waals surface area contributed by atoms with Gasteiger partial charge in [0, 0.05) is 41.8 Å². The zero-order chi connectivity index (χ0) is 22.7. The second kappa shape index (κ2) is 9.71. The number of carbonyl (C=O) groups excluding carboxylic acids is 2. The van der Waals surface area contributed by atoms with Crippen LogP contribution in [0.3, 0.4) is 0 Å². The van der Waals surface area contributed by atoms with Crippen molar-refractivity contribution in [3.8, 4) is 11.3 Å². The van der Waals surface area contributed by atoms with Gasteiger partial charge in [-0.2, -0.15) is 0 Å². The van der Waals surface area contributed by atoms with Gasteiger partial charge >= 0.3 is 6.03 Å². The van der Waals surface area contributed by atoms with E-state index in [-0.39, 0.29) is 11.9 Å². The highest BCUT2D eigenvalue weighted by atomic mass is 35.5. The molecule has 32 heavy (non-hydrogen) atoms. The van der Waals surface area contributed by atoms with Gasteiger partial charge in [-0.05, 0) is 49.6 Å². The number of nitrogens with zero attached hydrogens (tertiary/aromatic N) is 3. The number of urea groups is 1. The third kappa shape index (κ3) is 5.11. The molecule has 3 aromatic rings. The average Bonchev–Trinajstić information content (AvgIpc) is 3.44. The smallest absolute Gasteiger partial charge is 0.322 e. The molecule has 166 valence electrons. The second-order valence-corrected chi connectivity index (χ2v) is 9.43. The van der Waals surface area contributed by atoms with Crippen LogP contribution in [-0.2, 0) is 11.3 Å². The van der Waals surface area contributed by atoms with Crippen LogP contribution in [0.4, 0.5) is 10.5 Å². The predicted molar refractivity (Wildman–Crippen MR) is 129 cm³/mol. The number of likely N-dealkylation sites (tertiary alicyclic amines) is 1. The number of amides is 3. The summed E-state index contributed by atoms with van der Waals surface area (Å²) in [6.07, 6.45) is 1.46. The first-order valence-corrected chi connectivity index (χ1v) is 11.8. The molecule has 1 fully saturated rings. The Balaban J connectivity index is 1.42. The number of thiazole rings is 1. The van der Waals surface area contributed by atoms with Crippen LogP contribution in [0.5, 0.6) is 0 Å². The van der Waals surface area contributed by atoms with Crippen molar-refractivity contribution in [2.45, 2.75) is 32.4 Å². The van der Waals surface area contributed by atoms with E-state index in [4.69, 9.17) is 11.6 Å². The van der Waals surface area contributed by atoms with Gasteiger partial charge in [-0.1, -0.05) is 35.9 Å². The first-order valence-electron chi connectivity index (χ1n) is 10.5. The van der Waals surface area contributed by atoms with E-state index < -0.39 is 6.04 Å². The van der Waals surface area contributed by atoms with Gasteiger partial charge in [0.05, 0.1) is 10.7 Å². The zero-order valence-corrected chi connectivity index (χ0v) is 19.6.